The molecule has 3 aliphatic rings. The third kappa shape index (κ3) is 4.71. The number of aromatic nitrogens is 3. The highest BCUT2D eigenvalue weighted by atomic mass is 19.3. The maximum atomic E-state index is 13.7. The Morgan fingerprint density at radius 3 is 2.67 bits per heavy atom. The van der Waals surface area contributed by atoms with Gasteiger partial charge in [-0.15, -0.1) is 0 Å². The van der Waals surface area contributed by atoms with Crippen LogP contribution in [0.5, 0.6) is 0 Å². The smallest absolute Gasteiger partial charge is 0.282 e. The average Bonchev–Trinajstić information content (AvgIpc) is 3.45. The lowest BCUT2D eigenvalue weighted by Crippen LogP contribution is -2.52. The van der Waals surface area contributed by atoms with Crippen LogP contribution in [0.2, 0.25) is 0 Å². The van der Waals surface area contributed by atoms with E-state index >= 15 is 0 Å². The minimum absolute atomic E-state index is 0.0291. The summed E-state index contributed by atoms with van der Waals surface area (Å²) in [5.41, 5.74) is 2.84. The van der Waals surface area contributed by atoms with Crippen LogP contribution < -0.4 is 10.6 Å². The van der Waals surface area contributed by atoms with E-state index in [9.17, 15) is 27.6 Å². The number of piperidine rings is 1. The second-order valence-electron chi connectivity index (χ2n) is 10.7. The van der Waals surface area contributed by atoms with Crippen LogP contribution in [0.25, 0.3) is 11.3 Å². The normalized spacial score (nSPS) is 22.4. The monoisotopic (exact) mass is 552 g/mol. The van der Waals surface area contributed by atoms with Crippen LogP contribution in [-0.4, -0.2) is 50.0 Å². The number of anilines is 1. The van der Waals surface area contributed by atoms with Crippen molar-refractivity contribution in [1.82, 2.24) is 25.0 Å². The third-order valence-electron chi connectivity index (χ3n) is 7.97. The van der Waals surface area contributed by atoms with Crippen molar-refractivity contribution in [3.8, 4) is 11.3 Å². The largest absolute Gasteiger partial charge is 0.385 e. The Morgan fingerprint density at radius 2 is 1.95 bits per heavy atom. The molecule has 1 saturated heterocycles. The lowest BCUT2D eigenvalue weighted by atomic mass is 9.80. The SMILES string of the molecule is Cc1cc(F)cnc1-c1cn(C2CC(CNc3ccc4c(c3)CN(C3CCC(=O)NC3=O)C4=O)C2)nc1C(F)F. The molecule has 4 heterocycles. The number of hydrogen-bond acceptors (Lipinski definition) is 6. The Bertz CT molecular complexity index is 1520. The van der Waals surface area contributed by atoms with Crippen LogP contribution in [0.4, 0.5) is 18.9 Å². The number of nitrogens with zero attached hydrogens (tertiary/aromatic N) is 4. The van der Waals surface area contributed by atoms with Gasteiger partial charge in [0.05, 0.1) is 17.9 Å². The fraction of sp³-hybridized carbons (Fsp3) is 0.393. The number of fused-ring (bicyclic) bond motifs is 1. The van der Waals surface area contributed by atoms with Crippen LogP contribution in [0.3, 0.4) is 0 Å². The summed E-state index contributed by atoms with van der Waals surface area (Å²) in [6, 6.07) is 6.06. The van der Waals surface area contributed by atoms with E-state index in [-0.39, 0.29) is 35.5 Å². The average molecular weight is 553 g/mol. The summed E-state index contributed by atoms with van der Waals surface area (Å²) in [4.78, 5) is 42.1. The van der Waals surface area contributed by atoms with Gasteiger partial charge in [-0.3, -0.25) is 29.4 Å². The van der Waals surface area contributed by atoms with Crippen molar-refractivity contribution in [2.45, 2.75) is 57.7 Å². The van der Waals surface area contributed by atoms with Gasteiger partial charge in [0.2, 0.25) is 11.8 Å². The number of hydrogen-bond donors (Lipinski definition) is 2. The number of amides is 3. The number of rotatable bonds is 7. The Hall–Kier alpha value is -4.22. The molecule has 1 aromatic carbocycles. The number of carbonyl (C=O) groups is 3. The maximum absolute atomic E-state index is 13.7. The van der Waals surface area contributed by atoms with Gasteiger partial charge in [-0.2, -0.15) is 5.10 Å². The van der Waals surface area contributed by atoms with Crippen molar-refractivity contribution in [1.29, 1.82) is 0 Å². The molecule has 0 radical (unpaired) electrons. The molecule has 2 N–H and O–H groups in total. The Balaban J connectivity index is 1.07. The van der Waals surface area contributed by atoms with E-state index in [1.165, 1.54) is 11.0 Å². The summed E-state index contributed by atoms with van der Waals surface area (Å²) in [6.07, 6.45) is 1.83. The predicted molar refractivity (Wildman–Crippen MR) is 138 cm³/mol. The predicted octanol–water partition coefficient (Wildman–Crippen LogP) is 4.15. The topological polar surface area (TPSA) is 109 Å². The lowest BCUT2D eigenvalue weighted by Gasteiger charge is -2.35. The van der Waals surface area contributed by atoms with Gasteiger partial charge in [0.25, 0.3) is 12.3 Å². The number of benzene rings is 1. The fourth-order valence-corrected chi connectivity index (χ4v) is 5.79. The van der Waals surface area contributed by atoms with Gasteiger partial charge in [-0.1, -0.05) is 0 Å². The minimum Gasteiger partial charge on any atom is -0.385 e. The van der Waals surface area contributed by atoms with Gasteiger partial charge < -0.3 is 10.2 Å². The van der Waals surface area contributed by atoms with Crippen molar-refractivity contribution < 1.29 is 27.6 Å². The molecule has 2 aliphatic heterocycles. The first-order valence-electron chi connectivity index (χ1n) is 13.2. The molecule has 3 amide bonds. The molecule has 208 valence electrons. The van der Waals surface area contributed by atoms with E-state index in [2.05, 4.69) is 20.7 Å². The Morgan fingerprint density at radius 1 is 1.15 bits per heavy atom. The molecule has 1 atom stereocenters. The highest BCUT2D eigenvalue weighted by molar-refractivity contribution is 6.05. The minimum atomic E-state index is -2.78. The first-order valence-corrected chi connectivity index (χ1v) is 13.2. The molecule has 2 fully saturated rings. The quantitative estimate of drug-likeness (QED) is 0.427. The summed E-state index contributed by atoms with van der Waals surface area (Å²) in [7, 11) is 0. The van der Waals surface area contributed by atoms with Gasteiger partial charge in [0.15, 0.2) is 0 Å². The molecular weight excluding hydrogens is 525 g/mol. The van der Waals surface area contributed by atoms with E-state index in [4.69, 9.17) is 0 Å². The van der Waals surface area contributed by atoms with Gasteiger partial charge in [0, 0.05) is 42.5 Å². The second-order valence-corrected chi connectivity index (χ2v) is 10.7. The molecule has 0 spiro atoms. The summed E-state index contributed by atoms with van der Waals surface area (Å²) >= 11 is 0. The summed E-state index contributed by atoms with van der Waals surface area (Å²) < 4.78 is 42.5. The third-order valence-corrected chi connectivity index (χ3v) is 7.97. The number of aryl methyl sites for hydroxylation is 1. The van der Waals surface area contributed by atoms with E-state index in [1.54, 1.807) is 23.9 Å². The van der Waals surface area contributed by atoms with E-state index < -0.39 is 24.2 Å². The first kappa shape index (κ1) is 26.0. The van der Waals surface area contributed by atoms with Crippen LogP contribution in [0, 0.1) is 18.7 Å². The zero-order valence-corrected chi connectivity index (χ0v) is 21.7. The standard InChI is InChI=1S/C28H27F3N6O3/c1-14-6-17(29)11-33-24(14)21-13-37(35-25(21)26(30)31)19-7-15(8-19)10-32-18-2-3-20-16(9-18)12-36(28(20)40)22-4-5-23(38)34-27(22)39/h2-3,6,9,11,13,15,19,22,26,32H,4-5,7-8,10,12H2,1H3,(H,34,38,39). The molecular formula is C28H27F3N6O3. The van der Waals surface area contributed by atoms with E-state index in [1.807, 2.05) is 12.1 Å². The summed E-state index contributed by atoms with van der Waals surface area (Å²) in [5.74, 6) is -1.20. The second kappa shape index (κ2) is 10.1. The Kier molecular flexibility index (Phi) is 6.55. The van der Waals surface area contributed by atoms with Crippen LogP contribution in [0.15, 0.2) is 36.7 Å². The number of imide groups is 1. The molecule has 1 saturated carbocycles. The van der Waals surface area contributed by atoms with Crippen molar-refractivity contribution >= 4 is 23.4 Å². The molecule has 40 heavy (non-hydrogen) atoms. The molecule has 6 rings (SSSR count). The molecule has 2 aromatic heterocycles. The molecule has 12 heteroatoms. The van der Waals surface area contributed by atoms with E-state index in [0.717, 1.165) is 30.3 Å². The number of pyridine rings is 1. The molecule has 1 aliphatic carbocycles. The molecule has 9 nitrogen and oxygen atoms in total. The van der Waals surface area contributed by atoms with Crippen molar-refractivity contribution in [3.63, 3.8) is 0 Å². The first-order chi connectivity index (χ1) is 19.2. The van der Waals surface area contributed by atoms with Gasteiger partial charge in [-0.25, -0.2) is 13.2 Å². The van der Waals surface area contributed by atoms with Crippen molar-refractivity contribution in [2.75, 3.05) is 11.9 Å². The summed E-state index contributed by atoms with van der Waals surface area (Å²) in [5, 5.41) is 9.86. The van der Waals surface area contributed by atoms with Gasteiger partial charge in [-0.05, 0) is 67.5 Å². The van der Waals surface area contributed by atoms with Crippen molar-refractivity contribution in [3.05, 3.63) is 64.9 Å². The number of carbonyl (C=O) groups excluding carboxylic acids is 3. The highest BCUT2D eigenvalue weighted by Crippen LogP contribution is 2.40. The Labute approximate surface area is 227 Å². The van der Waals surface area contributed by atoms with Crippen LogP contribution in [0.1, 0.15) is 65.3 Å². The van der Waals surface area contributed by atoms with Gasteiger partial charge in [0.1, 0.15) is 17.6 Å². The fourth-order valence-electron chi connectivity index (χ4n) is 5.79. The van der Waals surface area contributed by atoms with Crippen LogP contribution in [-0.2, 0) is 16.1 Å². The lowest BCUT2D eigenvalue weighted by molar-refractivity contribution is -0.136. The maximum Gasteiger partial charge on any atom is 0.282 e. The highest BCUT2D eigenvalue weighted by Gasteiger charge is 2.39. The molecule has 3 aromatic rings. The zero-order chi connectivity index (χ0) is 28.1. The molecule has 0 bridgehead atoms. The van der Waals surface area contributed by atoms with Crippen LogP contribution >= 0.6 is 0 Å². The number of nitrogens with one attached hydrogen (secondary N) is 2. The zero-order valence-electron chi connectivity index (χ0n) is 21.7. The van der Waals surface area contributed by atoms with Gasteiger partial charge >= 0.3 is 0 Å². The molecule has 1 unspecified atom stereocenters. The number of halogens is 3. The number of alkyl halides is 2. The van der Waals surface area contributed by atoms with E-state index in [0.29, 0.717) is 42.2 Å². The summed E-state index contributed by atoms with van der Waals surface area (Å²) in [6.45, 7) is 2.59. The van der Waals surface area contributed by atoms with Crippen molar-refractivity contribution in [2.24, 2.45) is 5.92 Å².